The predicted molar refractivity (Wildman–Crippen MR) is 103 cm³/mol. The summed E-state index contributed by atoms with van der Waals surface area (Å²) in [4.78, 5) is 11.5. The average Bonchev–Trinajstić information content (AvgIpc) is 2.61. The molecule has 0 heterocycles. The van der Waals surface area contributed by atoms with Gasteiger partial charge in [-0.1, -0.05) is 26.0 Å². The van der Waals surface area contributed by atoms with Crippen molar-refractivity contribution in [1.29, 1.82) is 0 Å². The van der Waals surface area contributed by atoms with Crippen molar-refractivity contribution in [3.8, 4) is 5.75 Å². The molecule has 0 aliphatic carbocycles. The van der Waals surface area contributed by atoms with E-state index in [9.17, 15) is 9.90 Å². The minimum atomic E-state index is -0.618. The van der Waals surface area contributed by atoms with E-state index in [-0.39, 0.29) is 5.97 Å². The van der Waals surface area contributed by atoms with Crippen LogP contribution in [0.3, 0.4) is 0 Å². The smallest absolute Gasteiger partial charge is 0.337 e. The molecule has 2 aromatic carbocycles. The van der Waals surface area contributed by atoms with Gasteiger partial charge < -0.3 is 14.6 Å². The third-order valence-electron chi connectivity index (χ3n) is 4.48. The molecule has 0 unspecified atom stereocenters. The quantitative estimate of drug-likeness (QED) is 0.738. The molecule has 0 fully saturated rings. The van der Waals surface area contributed by atoms with Crippen LogP contribution in [0.2, 0.25) is 0 Å². The molecule has 0 aromatic heterocycles. The standard InChI is InChI=1S/C22H28O4/c1-6-26-21-11-15(4)19(13-18(21)14(2)3)20(23)12-16-7-9-17(10-8-16)22(24)25-5/h7-11,13-14,20,23H,6,12H2,1-5H3/t20-/m0/s1. The SMILES string of the molecule is CCOc1cc(C)c([C@@H](O)Cc2ccc(C(=O)OC)cc2)cc1C(C)C. The lowest BCUT2D eigenvalue weighted by molar-refractivity contribution is 0.0600. The zero-order valence-corrected chi connectivity index (χ0v) is 16.2. The first kappa shape index (κ1) is 20.0. The topological polar surface area (TPSA) is 55.8 Å². The first-order valence-corrected chi connectivity index (χ1v) is 8.99. The first-order valence-electron chi connectivity index (χ1n) is 8.99. The van der Waals surface area contributed by atoms with Crippen molar-refractivity contribution in [2.24, 2.45) is 0 Å². The van der Waals surface area contributed by atoms with Crippen molar-refractivity contribution in [3.63, 3.8) is 0 Å². The van der Waals surface area contributed by atoms with E-state index in [2.05, 4.69) is 19.9 Å². The van der Waals surface area contributed by atoms with E-state index >= 15 is 0 Å². The molecule has 0 amide bonds. The predicted octanol–water partition coefficient (Wildman–Crippen LogP) is 4.58. The molecule has 0 aliphatic rings. The van der Waals surface area contributed by atoms with Crippen LogP contribution in [0.4, 0.5) is 0 Å². The molecule has 1 atom stereocenters. The zero-order valence-electron chi connectivity index (χ0n) is 16.2. The largest absolute Gasteiger partial charge is 0.494 e. The monoisotopic (exact) mass is 356 g/mol. The maximum absolute atomic E-state index is 11.5. The Hall–Kier alpha value is -2.33. The fraction of sp³-hybridized carbons (Fsp3) is 0.409. The molecular weight excluding hydrogens is 328 g/mol. The summed E-state index contributed by atoms with van der Waals surface area (Å²) >= 11 is 0. The van der Waals surface area contributed by atoms with Crippen LogP contribution in [0.15, 0.2) is 36.4 Å². The highest BCUT2D eigenvalue weighted by Gasteiger charge is 2.17. The second kappa shape index (κ2) is 8.86. The number of ether oxygens (including phenoxy) is 2. The van der Waals surface area contributed by atoms with Gasteiger partial charge in [0, 0.05) is 6.42 Å². The van der Waals surface area contributed by atoms with Gasteiger partial charge in [0.05, 0.1) is 25.4 Å². The molecule has 2 aromatic rings. The lowest BCUT2D eigenvalue weighted by atomic mass is 9.91. The molecular formula is C22H28O4. The van der Waals surface area contributed by atoms with Gasteiger partial charge in [0.1, 0.15) is 5.75 Å². The second-order valence-electron chi connectivity index (χ2n) is 6.74. The molecule has 0 saturated carbocycles. The van der Waals surface area contributed by atoms with E-state index in [1.807, 2.05) is 32.0 Å². The van der Waals surface area contributed by atoms with E-state index in [4.69, 9.17) is 9.47 Å². The van der Waals surface area contributed by atoms with E-state index < -0.39 is 6.10 Å². The van der Waals surface area contributed by atoms with Gasteiger partial charge >= 0.3 is 5.97 Å². The summed E-state index contributed by atoms with van der Waals surface area (Å²) in [6.07, 6.45) is -0.138. The number of methoxy groups -OCH3 is 1. The summed E-state index contributed by atoms with van der Waals surface area (Å²) in [6, 6.07) is 11.2. The Morgan fingerprint density at radius 1 is 1.12 bits per heavy atom. The number of hydrogen-bond donors (Lipinski definition) is 1. The number of hydrogen-bond acceptors (Lipinski definition) is 4. The fourth-order valence-electron chi connectivity index (χ4n) is 3.03. The molecule has 4 nitrogen and oxygen atoms in total. The Bertz CT molecular complexity index is 747. The highest BCUT2D eigenvalue weighted by Crippen LogP contribution is 2.33. The van der Waals surface area contributed by atoms with Crippen molar-refractivity contribution >= 4 is 5.97 Å². The van der Waals surface area contributed by atoms with Crippen LogP contribution in [-0.2, 0) is 11.2 Å². The van der Waals surface area contributed by atoms with Crippen LogP contribution in [-0.4, -0.2) is 24.8 Å². The lowest BCUT2D eigenvalue weighted by Crippen LogP contribution is -2.08. The van der Waals surface area contributed by atoms with Crippen LogP contribution in [0.25, 0.3) is 0 Å². The molecule has 4 heteroatoms. The minimum Gasteiger partial charge on any atom is -0.494 e. The number of carbonyl (C=O) groups is 1. The van der Waals surface area contributed by atoms with E-state index in [0.29, 0.717) is 24.5 Å². The minimum absolute atomic E-state index is 0.308. The third-order valence-corrected chi connectivity index (χ3v) is 4.48. The normalized spacial score (nSPS) is 12.1. The maximum Gasteiger partial charge on any atom is 0.337 e. The Labute approximate surface area is 155 Å². The van der Waals surface area contributed by atoms with Crippen LogP contribution in [0.5, 0.6) is 5.75 Å². The Morgan fingerprint density at radius 2 is 1.77 bits per heavy atom. The number of carbonyl (C=O) groups excluding carboxylic acids is 1. The summed E-state index contributed by atoms with van der Waals surface area (Å²) in [6.45, 7) is 8.82. The number of esters is 1. The summed E-state index contributed by atoms with van der Waals surface area (Å²) in [5.41, 5.74) is 4.49. The van der Waals surface area contributed by atoms with Crippen LogP contribution < -0.4 is 4.74 Å². The molecule has 0 aliphatic heterocycles. The summed E-state index contributed by atoms with van der Waals surface area (Å²) in [7, 11) is 1.36. The maximum atomic E-state index is 11.5. The van der Waals surface area contributed by atoms with Gasteiger partial charge in [0.25, 0.3) is 0 Å². The van der Waals surface area contributed by atoms with Gasteiger partial charge in [0.15, 0.2) is 0 Å². The number of aliphatic hydroxyl groups excluding tert-OH is 1. The van der Waals surface area contributed by atoms with Crippen molar-refractivity contribution in [3.05, 3.63) is 64.2 Å². The summed E-state index contributed by atoms with van der Waals surface area (Å²) in [5, 5.41) is 10.8. The number of aryl methyl sites for hydroxylation is 1. The first-order chi connectivity index (χ1) is 12.4. The number of aliphatic hydroxyl groups is 1. The molecule has 0 spiro atoms. The number of benzene rings is 2. The molecule has 2 rings (SSSR count). The van der Waals surface area contributed by atoms with Crippen LogP contribution >= 0.6 is 0 Å². The van der Waals surface area contributed by atoms with E-state index in [0.717, 1.165) is 28.0 Å². The highest BCUT2D eigenvalue weighted by molar-refractivity contribution is 5.89. The summed E-state index contributed by atoms with van der Waals surface area (Å²) in [5.74, 6) is 0.835. The van der Waals surface area contributed by atoms with Crippen LogP contribution in [0, 0.1) is 6.92 Å². The molecule has 0 saturated heterocycles. The molecule has 26 heavy (non-hydrogen) atoms. The third kappa shape index (κ3) is 4.64. The van der Waals surface area contributed by atoms with Gasteiger partial charge in [-0.25, -0.2) is 4.79 Å². The van der Waals surface area contributed by atoms with Crippen LogP contribution in [0.1, 0.15) is 65.4 Å². The average molecular weight is 356 g/mol. The molecule has 1 N–H and O–H groups in total. The fourth-order valence-corrected chi connectivity index (χ4v) is 3.03. The highest BCUT2D eigenvalue weighted by atomic mass is 16.5. The second-order valence-corrected chi connectivity index (χ2v) is 6.74. The van der Waals surface area contributed by atoms with Crippen molar-refractivity contribution in [1.82, 2.24) is 0 Å². The molecule has 140 valence electrons. The summed E-state index contributed by atoms with van der Waals surface area (Å²) < 4.78 is 10.5. The van der Waals surface area contributed by atoms with E-state index in [1.165, 1.54) is 7.11 Å². The van der Waals surface area contributed by atoms with Gasteiger partial charge in [-0.2, -0.15) is 0 Å². The molecule has 0 radical (unpaired) electrons. The number of rotatable bonds is 7. The van der Waals surface area contributed by atoms with E-state index in [1.54, 1.807) is 12.1 Å². The lowest BCUT2D eigenvalue weighted by Gasteiger charge is -2.20. The van der Waals surface area contributed by atoms with Crippen molar-refractivity contribution in [2.45, 2.75) is 46.1 Å². The van der Waals surface area contributed by atoms with Crippen molar-refractivity contribution < 1.29 is 19.4 Å². The van der Waals surface area contributed by atoms with Gasteiger partial charge in [-0.15, -0.1) is 0 Å². The zero-order chi connectivity index (χ0) is 19.3. The van der Waals surface area contributed by atoms with Gasteiger partial charge in [-0.3, -0.25) is 0 Å². The Balaban J connectivity index is 2.24. The van der Waals surface area contributed by atoms with Crippen molar-refractivity contribution in [2.75, 3.05) is 13.7 Å². The molecule has 0 bridgehead atoms. The van der Waals surface area contributed by atoms with Gasteiger partial charge in [-0.05, 0) is 66.3 Å². The van der Waals surface area contributed by atoms with Gasteiger partial charge in [0.2, 0.25) is 0 Å². The Morgan fingerprint density at radius 3 is 2.31 bits per heavy atom. The Kier molecular flexibility index (Phi) is 6.81.